The molecule has 0 heterocycles. The summed E-state index contributed by atoms with van der Waals surface area (Å²) in [4.78, 5) is 11.4. The van der Waals surface area contributed by atoms with Crippen LogP contribution in [0.5, 0.6) is 0 Å². The summed E-state index contributed by atoms with van der Waals surface area (Å²) in [6.07, 6.45) is -4.40. The Kier molecular flexibility index (Phi) is 4.15. The van der Waals surface area contributed by atoms with Gasteiger partial charge in [0.1, 0.15) is 0 Å². The van der Waals surface area contributed by atoms with Crippen molar-refractivity contribution in [1.82, 2.24) is 0 Å². The van der Waals surface area contributed by atoms with Crippen molar-refractivity contribution in [2.24, 2.45) is 0 Å². The first-order valence-electron chi connectivity index (χ1n) is 5.20. The van der Waals surface area contributed by atoms with Crippen molar-refractivity contribution in [1.29, 1.82) is 0 Å². The number of rotatable bonds is 3. The molecular weight excluding hydrogens is 233 g/mol. The molecule has 0 saturated carbocycles. The third kappa shape index (κ3) is 3.47. The van der Waals surface area contributed by atoms with E-state index in [2.05, 4.69) is 0 Å². The van der Waals surface area contributed by atoms with Crippen molar-refractivity contribution in [3.8, 4) is 0 Å². The van der Waals surface area contributed by atoms with Crippen LogP contribution in [0.2, 0.25) is 0 Å². The minimum atomic E-state index is -4.40. The lowest BCUT2D eigenvalue weighted by molar-refractivity contribution is -0.145. The highest BCUT2D eigenvalue weighted by Crippen LogP contribution is 2.31. The summed E-state index contributed by atoms with van der Waals surface area (Å²) in [5.41, 5.74) is -0.454. The summed E-state index contributed by atoms with van der Waals surface area (Å²) in [5.74, 6) is -1.22. The first-order chi connectivity index (χ1) is 7.86. The summed E-state index contributed by atoms with van der Waals surface area (Å²) in [6.45, 7) is 3.38. The third-order valence-corrected chi connectivity index (χ3v) is 2.35. The fourth-order valence-electron chi connectivity index (χ4n) is 1.39. The number of hydrogen-bond donors (Lipinski definition) is 0. The maximum atomic E-state index is 12.5. The van der Waals surface area contributed by atoms with E-state index >= 15 is 0 Å². The summed E-state index contributed by atoms with van der Waals surface area (Å²) < 4.78 is 42.2. The van der Waals surface area contributed by atoms with Gasteiger partial charge in [0.25, 0.3) is 0 Å². The molecule has 0 fully saturated rings. The number of halogens is 3. The van der Waals surface area contributed by atoms with Crippen molar-refractivity contribution in [2.45, 2.75) is 25.9 Å². The standard InChI is InChI=1S/C12H13F3O2/c1-3-17-11(16)8(2)9-5-4-6-10(7-9)12(13,14)15/h4-8H,3H2,1-2H3/t8-/m1/s1. The van der Waals surface area contributed by atoms with Crippen molar-refractivity contribution < 1.29 is 22.7 Å². The van der Waals surface area contributed by atoms with E-state index in [9.17, 15) is 18.0 Å². The van der Waals surface area contributed by atoms with E-state index in [0.717, 1.165) is 12.1 Å². The molecule has 0 aliphatic rings. The zero-order valence-electron chi connectivity index (χ0n) is 9.54. The first-order valence-corrected chi connectivity index (χ1v) is 5.20. The smallest absolute Gasteiger partial charge is 0.416 e. The predicted octanol–water partition coefficient (Wildman–Crippen LogP) is 3.37. The van der Waals surface area contributed by atoms with Crippen LogP contribution in [0.4, 0.5) is 13.2 Å². The largest absolute Gasteiger partial charge is 0.466 e. The topological polar surface area (TPSA) is 26.3 Å². The van der Waals surface area contributed by atoms with E-state index in [4.69, 9.17) is 4.74 Å². The Bertz CT molecular complexity index is 399. The molecule has 0 spiro atoms. The highest BCUT2D eigenvalue weighted by molar-refractivity contribution is 5.77. The van der Waals surface area contributed by atoms with Gasteiger partial charge in [0.2, 0.25) is 0 Å². The number of alkyl halides is 3. The molecule has 94 valence electrons. The van der Waals surface area contributed by atoms with Gasteiger partial charge in [-0.1, -0.05) is 18.2 Å². The van der Waals surface area contributed by atoms with Crippen LogP contribution in [0.25, 0.3) is 0 Å². The normalized spacial score (nSPS) is 13.2. The van der Waals surface area contributed by atoms with Gasteiger partial charge < -0.3 is 4.74 Å². The molecule has 0 aromatic heterocycles. The summed E-state index contributed by atoms with van der Waals surface area (Å²) in [6, 6.07) is 4.72. The van der Waals surface area contributed by atoms with Gasteiger partial charge in [-0.2, -0.15) is 13.2 Å². The Hall–Kier alpha value is -1.52. The Balaban J connectivity index is 2.96. The van der Waals surface area contributed by atoms with E-state index in [0.29, 0.717) is 5.56 Å². The van der Waals surface area contributed by atoms with Crippen LogP contribution in [0.15, 0.2) is 24.3 Å². The molecule has 0 saturated heterocycles. The number of ether oxygens (including phenoxy) is 1. The molecule has 1 atom stereocenters. The van der Waals surface area contributed by atoms with Crippen molar-refractivity contribution in [3.63, 3.8) is 0 Å². The summed E-state index contributed by atoms with van der Waals surface area (Å²) in [7, 11) is 0. The first kappa shape index (κ1) is 13.5. The second-order valence-corrected chi connectivity index (χ2v) is 3.60. The van der Waals surface area contributed by atoms with Crippen LogP contribution in [0, 0.1) is 0 Å². The Morgan fingerprint density at radius 3 is 2.59 bits per heavy atom. The van der Waals surface area contributed by atoms with E-state index in [-0.39, 0.29) is 6.61 Å². The second-order valence-electron chi connectivity index (χ2n) is 3.60. The SMILES string of the molecule is CCOC(=O)[C@H](C)c1cccc(C(F)(F)F)c1. The van der Waals surface area contributed by atoms with Crippen molar-refractivity contribution in [2.75, 3.05) is 6.61 Å². The average molecular weight is 246 g/mol. The molecular formula is C12H13F3O2. The quantitative estimate of drug-likeness (QED) is 0.764. The lowest BCUT2D eigenvalue weighted by Crippen LogP contribution is -2.14. The van der Waals surface area contributed by atoms with Gasteiger partial charge in [0, 0.05) is 0 Å². The lowest BCUT2D eigenvalue weighted by atomic mass is 9.99. The Morgan fingerprint density at radius 2 is 2.06 bits per heavy atom. The molecule has 0 amide bonds. The third-order valence-electron chi connectivity index (χ3n) is 2.35. The molecule has 2 nitrogen and oxygen atoms in total. The Labute approximate surface area is 97.4 Å². The number of carbonyl (C=O) groups excluding carboxylic acids is 1. The second kappa shape index (κ2) is 5.21. The van der Waals surface area contributed by atoms with Gasteiger partial charge in [0.05, 0.1) is 18.1 Å². The number of carbonyl (C=O) groups is 1. The van der Waals surface area contributed by atoms with Gasteiger partial charge in [-0.25, -0.2) is 0 Å². The van der Waals surface area contributed by atoms with Crippen LogP contribution in [-0.4, -0.2) is 12.6 Å². The number of hydrogen-bond acceptors (Lipinski definition) is 2. The van der Waals surface area contributed by atoms with E-state index in [1.54, 1.807) is 6.92 Å². The predicted molar refractivity (Wildman–Crippen MR) is 56.5 cm³/mol. The minimum Gasteiger partial charge on any atom is -0.466 e. The molecule has 0 radical (unpaired) electrons. The van der Waals surface area contributed by atoms with Crippen LogP contribution >= 0.6 is 0 Å². The molecule has 0 aliphatic heterocycles. The van der Waals surface area contributed by atoms with Crippen LogP contribution < -0.4 is 0 Å². The fourth-order valence-corrected chi connectivity index (χ4v) is 1.39. The molecule has 17 heavy (non-hydrogen) atoms. The van der Waals surface area contributed by atoms with Crippen LogP contribution in [-0.2, 0) is 15.7 Å². The van der Waals surface area contributed by atoms with E-state index < -0.39 is 23.6 Å². The van der Waals surface area contributed by atoms with Gasteiger partial charge in [-0.15, -0.1) is 0 Å². The number of benzene rings is 1. The molecule has 0 N–H and O–H groups in total. The molecule has 1 aromatic rings. The van der Waals surface area contributed by atoms with Gasteiger partial charge >= 0.3 is 12.1 Å². The van der Waals surface area contributed by atoms with Gasteiger partial charge in [-0.3, -0.25) is 4.79 Å². The Morgan fingerprint density at radius 1 is 1.41 bits per heavy atom. The van der Waals surface area contributed by atoms with Crippen LogP contribution in [0.3, 0.4) is 0 Å². The lowest BCUT2D eigenvalue weighted by Gasteiger charge is -2.13. The van der Waals surface area contributed by atoms with Crippen molar-refractivity contribution in [3.05, 3.63) is 35.4 Å². The molecule has 5 heteroatoms. The maximum absolute atomic E-state index is 12.5. The molecule has 1 aromatic carbocycles. The molecule has 1 rings (SSSR count). The monoisotopic (exact) mass is 246 g/mol. The molecule has 0 bridgehead atoms. The maximum Gasteiger partial charge on any atom is 0.416 e. The summed E-state index contributed by atoms with van der Waals surface area (Å²) in [5, 5.41) is 0. The van der Waals surface area contributed by atoms with E-state index in [1.807, 2.05) is 0 Å². The van der Waals surface area contributed by atoms with Gasteiger partial charge in [0.15, 0.2) is 0 Å². The van der Waals surface area contributed by atoms with Gasteiger partial charge in [-0.05, 0) is 25.5 Å². The highest BCUT2D eigenvalue weighted by Gasteiger charge is 2.31. The highest BCUT2D eigenvalue weighted by atomic mass is 19.4. The average Bonchev–Trinajstić information content (AvgIpc) is 2.27. The van der Waals surface area contributed by atoms with Crippen LogP contribution in [0.1, 0.15) is 30.9 Å². The molecule has 0 aliphatic carbocycles. The minimum absolute atomic E-state index is 0.210. The number of esters is 1. The zero-order chi connectivity index (χ0) is 13.1. The van der Waals surface area contributed by atoms with E-state index in [1.165, 1.54) is 19.1 Å². The zero-order valence-corrected chi connectivity index (χ0v) is 9.54. The fraction of sp³-hybridized carbons (Fsp3) is 0.417. The van der Waals surface area contributed by atoms with Crippen molar-refractivity contribution >= 4 is 5.97 Å². The summed E-state index contributed by atoms with van der Waals surface area (Å²) >= 11 is 0. The molecule has 0 unspecified atom stereocenters.